The second-order valence-corrected chi connectivity index (χ2v) is 5.52. The summed E-state index contributed by atoms with van der Waals surface area (Å²) in [6, 6.07) is 7.36. The van der Waals surface area contributed by atoms with Crippen LogP contribution in [0.15, 0.2) is 42.7 Å². The largest absolute Gasteiger partial charge is 0.417 e. The van der Waals surface area contributed by atoms with Gasteiger partial charge in [0.2, 0.25) is 0 Å². The standard InChI is InChI=1S/C16H15F3N4O/c17-16(18,19)11-4-5-14(21-9-11)23-8-6-12(10-23)22-15(24)13-3-1-2-7-20-13/h1-5,7,9,12H,6,8,10H2,(H,22,24). The summed E-state index contributed by atoms with van der Waals surface area (Å²) in [7, 11) is 0. The summed E-state index contributed by atoms with van der Waals surface area (Å²) in [5.41, 5.74) is -0.436. The quantitative estimate of drug-likeness (QED) is 0.936. The molecule has 1 atom stereocenters. The van der Waals surface area contributed by atoms with Crippen molar-refractivity contribution in [2.24, 2.45) is 0 Å². The molecule has 0 aliphatic carbocycles. The molecule has 0 aromatic carbocycles. The van der Waals surface area contributed by atoms with Gasteiger partial charge in [0.15, 0.2) is 0 Å². The van der Waals surface area contributed by atoms with Gasteiger partial charge in [0, 0.05) is 31.5 Å². The summed E-state index contributed by atoms with van der Waals surface area (Å²) in [5.74, 6) is 0.209. The van der Waals surface area contributed by atoms with E-state index in [1.807, 2.05) is 4.90 Å². The van der Waals surface area contributed by atoms with Crippen molar-refractivity contribution >= 4 is 11.7 Å². The van der Waals surface area contributed by atoms with Gasteiger partial charge in [-0.1, -0.05) is 6.07 Å². The number of halogens is 3. The van der Waals surface area contributed by atoms with E-state index in [1.54, 1.807) is 24.4 Å². The molecule has 1 aliphatic heterocycles. The zero-order chi connectivity index (χ0) is 17.2. The number of amides is 1. The van der Waals surface area contributed by atoms with Crippen molar-refractivity contribution in [1.82, 2.24) is 15.3 Å². The lowest BCUT2D eigenvalue weighted by molar-refractivity contribution is -0.137. The maximum atomic E-state index is 12.6. The third kappa shape index (κ3) is 3.64. The monoisotopic (exact) mass is 336 g/mol. The fourth-order valence-electron chi connectivity index (χ4n) is 2.58. The van der Waals surface area contributed by atoms with Crippen molar-refractivity contribution in [3.63, 3.8) is 0 Å². The second kappa shape index (κ2) is 6.46. The molecule has 1 unspecified atom stereocenters. The molecule has 8 heteroatoms. The van der Waals surface area contributed by atoms with Crippen LogP contribution in [0, 0.1) is 0 Å². The van der Waals surface area contributed by atoms with Gasteiger partial charge in [0.25, 0.3) is 5.91 Å². The van der Waals surface area contributed by atoms with Gasteiger partial charge in [-0.15, -0.1) is 0 Å². The maximum Gasteiger partial charge on any atom is 0.417 e. The number of pyridine rings is 2. The molecule has 5 nitrogen and oxygen atoms in total. The van der Waals surface area contributed by atoms with Crippen molar-refractivity contribution in [3.8, 4) is 0 Å². The van der Waals surface area contributed by atoms with Crippen LogP contribution in [0.3, 0.4) is 0 Å². The molecular weight excluding hydrogens is 321 g/mol. The fourth-order valence-corrected chi connectivity index (χ4v) is 2.58. The molecular formula is C16H15F3N4O. The minimum Gasteiger partial charge on any atom is -0.354 e. The summed E-state index contributed by atoms with van der Waals surface area (Å²) < 4.78 is 37.7. The van der Waals surface area contributed by atoms with Crippen molar-refractivity contribution < 1.29 is 18.0 Å². The molecule has 126 valence electrons. The molecule has 1 N–H and O–H groups in total. The van der Waals surface area contributed by atoms with Crippen LogP contribution >= 0.6 is 0 Å². The highest BCUT2D eigenvalue weighted by Crippen LogP contribution is 2.29. The van der Waals surface area contributed by atoms with Gasteiger partial charge < -0.3 is 10.2 Å². The van der Waals surface area contributed by atoms with Crippen LogP contribution in [0.1, 0.15) is 22.5 Å². The third-order valence-corrected chi connectivity index (χ3v) is 3.82. The number of rotatable bonds is 3. The number of aromatic nitrogens is 2. The van der Waals surface area contributed by atoms with Crippen LogP contribution in [0.5, 0.6) is 0 Å². The first kappa shape index (κ1) is 16.2. The van der Waals surface area contributed by atoms with Crippen molar-refractivity contribution in [2.45, 2.75) is 18.6 Å². The number of nitrogens with one attached hydrogen (secondary N) is 1. The number of nitrogens with zero attached hydrogens (tertiary/aromatic N) is 3. The number of anilines is 1. The van der Waals surface area contributed by atoms with Gasteiger partial charge in [-0.25, -0.2) is 4.98 Å². The van der Waals surface area contributed by atoms with Gasteiger partial charge in [-0.2, -0.15) is 13.2 Å². The van der Waals surface area contributed by atoms with Crippen molar-refractivity contribution in [1.29, 1.82) is 0 Å². The Labute approximate surface area is 136 Å². The second-order valence-electron chi connectivity index (χ2n) is 5.52. The minimum absolute atomic E-state index is 0.0939. The first-order chi connectivity index (χ1) is 11.4. The Balaban J connectivity index is 1.60. The van der Waals surface area contributed by atoms with E-state index < -0.39 is 11.7 Å². The van der Waals surface area contributed by atoms with Crippen LogP contribution in [0.4, 0.5) is 19.0 Å². The average Bonchev–Trinajstić information content (AvgIpc) is 3.03. The summed E-state index contributed by atoms with van der Waals surface area (Å²) in [5, 5.41) is 2.88. The minimum atomic E-state index is -4.39. The molecule has 24 heavy (non-hydrogen) atoms. The molecule has 1 fully saturated rings. The van der Waals surface area contributed by atoms with E-state index in [9.17, 15) is 18.0 Å². The molecule has 2 aromatic rings. The molecule has 1 amide bonds. The summed E-state index contributed by atoms with van der Waals surface area (Å²) in [6.07, 6.45) is -1.33. The number of alkyl halides is 3. The van der Waals surface area contributed by atoms with E-state index in [0.717, 1.165) is 12.3 Å². The normalized spacial score (nSPS) is 17.8. The first-order valence-corrected chi connectivity index (χ1v) is 7.43. The highest BCUT2D eigenvalue weighted by Gasteiger charge is 2.31. The van der Waals surface area contributed by atoms with E-state index in [4.69, 9.17) is 0 Å². The lowest BCUT2D eigenvalue weighted by Gasteiger charge is -2.18. The maximum absolute atomic E-state index is 12.6. The summed E-state index contributed by atoms with van der Waals surface area (Å²) in [4.78, 5) is 21.8. The Bertz CT molecular complexity index is 704. The Morgan fingerprint density at radius 3 is 2.67 bits per heavy atom. The zero-order valence-corrected chi connectivity index (χ0v) is 12.6. The average molecular weight is 336 g/mol. The van der Waals surface area contributed by atoms with Crippen LogP contribution in [-0.4, -0.2) is 35.0 Å². The molecule has 3 rings (SSSR count). The van der Waals surface area contributed by atoms with Crippen LogP contribution in [0.25, 0.3) is 0 Å². The number of hydrogen-bond donors (Lipinski definition) is 1. The van der Waals surface area contributed by atoms with E-state index in [1.165, 1.54) is 6.07 Å². The molecule has 3 heterocycles. The summed E-state index contributed by atoms with van der Waals surface area (Å²) in [6.45, 7) is 1.11. The van der Waals surface area contributed by atoms with Crippen molar-refractivity contribution in [2.75, 3.05) is 18.0 Å². The lowest BCUT2D eigenvalue weighted by atomic mass is 10.2. The van der Waals surface area contributed by atoms with Gasteiger partial charge in [-0.3, -0.25) is 9.78 Å². The van der Waals surface area contributed by atoms with Crippen LogP contribution in [0.2, 0.25) is 0 Å². The Hall–Kier alpha value is -2.64. The molecule has 2 aromatic heterocycles. The Morgan fingerprint density at radius 2 is 2.04 bits per heavy atom. The first-order valence-electron chi connectivity index (χ1n) is 7.43. The van der Waals surface area contributed by atoms with Gasteiger partial charge in [-0.05, 0) is 30.7 Å². The van der Waals surface area contributed by atoms with E-state index in [0.29, 0.717) is 31.0 Å². The summed E-state index contributed by atoms with van der Waals surface area (Å²) >= 11 is 0. The predicted octanol–water partition coefficient (Wildman–Crippen LogP) is 2.50. The van der Waals surface area contributed by atoms with E-state index in [2.05, 4.69) is 15.3 Å². The predicted molar refractivity (Wildman–Crippen MR) is 81.6 cm³/mol. The van der Waals surface area contributed by atoms with Crippen LogP contribution in [-0.2, 0) is 6.18 Å². The number of carbonyl (C=O) groups is 1. The Kier molecular flexibility index (Phi) is 4.37. The molecule has 0 spiro atoms. The smallest absolute Gasteiger partial charge is 0.354 e. The van der Waals surface area contributed by atoms with E-state index in [-0.39, 0.29) is 11.9 Å². The molecule has 0 bridgehead atoms. The third-order valence-electron chi connectivity index (χ3n) is 3.82. The Morgan fingerprint density at radius 1 is 1.21 bits per heavy atom. The van der Waals surface area contributed by atoms with E-state index >= 15 is 0 Å². The lowest BCUT2D eigenvalue weighted by Crippen LogP contribution is -2.37. The van der Waals surface area contributed by atoms with Gasteiger partial charge >= 0.3 is 6.18 Å². The van der Waals surface area contributed by atoms with Gasteiger partial charge in [0.1, 0.15) is 11.5 Å². The topological polar surface area (TPSA) is 58.1 Å². The highest BCUT2D eigenvalue weighted by molar-refractivity contribution is 5.92. The molecule has 1 saturated heterocycles. The molecule has 0 radical (unpaired) electrons. The highest BCUT2D eigenvalue weighted by atomic mass is 19.4. The molecule has 0 saturated carbocycles. The zero-order valence-electron chi connectivity index (χ0n) is 12.6. The van der Waals surface area contributed by atoms with Gasteiger partial charge in [0.05, 0.1) is 5.56 Å². The SMILES string of the molecule is O=C(NC1CCN(c2ccc(C(F)(F)F)cn2)C1)c1ccccn1. The number of hydrogen-bond acceptors (Lipinski definition) is 4. The van der Waals surface area contributed by atoms with Crippen molar-refractivity contribution in [3.05, 3.63) is 54.0 Å². The molecule has 1 aliphatic rings. The van der Waals surface area contributed by atoms with Crippen LogP contribution < -0.4 is 10.2 Å². The fraction of sp³-hybridized carbons (Fsp3) is 0.312. The number of carbonyl (C=O) groups excluding carboxylic acids is 1.